The van der Waals surface area contributed by atoms with E-state index >= 15 is 0 Å². The average Bonchev–Trinajstić information content (AvgIpc) is 2.28. The molecule has 4 heteroatoms. The fraction of sp³-hybridized carbons (Fsp3) is 0.500. The molecule has 1 rings (SSSR count). The summed E-state index contributed by atoms with van der Waals surface area (Å²) in [5.41, 5.74) is 7.71. The minimum absolute atomic E-state index is 0.672. The minimum atomic E-state index is 0.672. The molecule has 0 fully saturated rings. The number of methoxy groups -OCH3 is 2. The maximum absolute atomic E-state index is 5.53. The van der Waals surface area contributed by atoms with Gasteiger partial charge in [-0.2, -0.15) is 0 Å². The second-order valence-corrected chi connectivity index (χ2v) is 4.41. The maximum Gasteiger partial charge on any atom is 0.136 e. The molecule has 16 heavy (non-hydrogen) atoms. The van der Waals surface area contributed by atoms with Crippen molar-refractivity contribution < 1.29 is 9.47 Å². The number of ether oxygens (including phenoxy) is 2. The predicted octanol–water partition coefficient (Wildman–Crippen LogP) is 2.67. The Morgan fingerprint density at radius 2 is 2.00 bits per heavy atom. The van der Waals surface area contributed by atoms with E-state index in [2.05, 4.69) is 15.9 Å². The number of aryl methyl sites for hydroxylation is 1. The van der Waals surface area contributed by atoms with Gasteiger partial charge in [0.1, 0.15) is 11.5 Å². The van der Waals surface area contributed by atoms with Crippen LogP contribution in [0.2, 0.25) is 0 Å². The highest BCUT2D eigenvalue weighted by atomic mass is 79.9. The largest absolute Gasteiger partial charge is 0.496 e. The van der Waals surface area contributed by atoms with E-state index in [0.717, 1.165) is 39.9 Å². The Kier molecular flexibility index (Phi) is 5.09. The second-order valence-electron chi connectivity index (χ2n) is 3.61. The standard InChI is InChI=1S/C12H18BrNO2/c1-8-7-10(15-2)9(5-4-6-14)11(13)12(8)16-3/h7H,4-6,14H2,1-3H3. The Morgan fingerprint density at radius 1 is 1.31 bits per heavy atom. The van der Waals surface area contributed by atoms with Crippen molar-refractivity contribution in [1.29, 1.82) is 0 Å². The van der Waals surface area contributed by atoms with Crippen LogP contribution in [0, 0.1) is 6.92 Å². The van der Waals surface area contributed by atoms with E-state index in [4.69, 9.17) is 15.2 Å². The molecule has 0 saturated carbocycles. The zero-order valence-electron chi connectivity index (χ0n) is 9.97. The van der Waals surface area contributed by atoms with Crippen LogP contribution in [0.25, 0.3) is 0 Å². The van der Waals surface area contributed by atoms with Crippen molar-refractivity contribution in [3.05, 3.63) is 21.7 Å². The lowest BCUT2D eigenvalue weighted by atomic mass is 10.1. The first-order valence-corrected chi connectivity index (χ1v) is 6.05. The summed E-state index contributed by atoms with van der Waals surface area (Å²) in [4.78, 5) is 0. The third kappa shape index (κ3) is 2.68. The molecule has 0 spiro atoms. The van der Waals surface area contributed by atoms with E-state index in [1.165, 1.54) is 0 Å². The van der Waals surface area contributed by atoms with Crippen LogP contribution in [-0.2, 0) is 6.42 Å². The van der Waals surface area contributed by atoms with Gasteiger partial charge in [0.2, 0.25) is 0 Å². The van der Waals surface area contributed by atoms with Gasteiger partial charge in [0.05, 0.1) is 18.7 Å². The Morgan fingerprint density at radius 3 is 2.50 bits per heavy atom. The zero-order valence-corrected chi connectivity index (χ0v) is 11.6. The molecule has 2 N–H and O–H groups in total. The Balaban J connectivity index is 3.20. The molecule has 0 saturated heterocycles. The number of hydrogen-bond acceptors (Lipinski definition) is 3. The summed E-state index contributed by atoms with van der Waals surface area (Å²) < 4.78 is 11.7. The first kappa shape index (κ1) is 13.3. The van der Waals surface area contributed by atoms with Gasteiger partial charge in [-0.1, -0.05) is 0 Å². The normalized spacial score (nSPS) is 10.3. The molecular formula is C12H18BrNO2. The summed E-state index contributed by atoms with van der Waals surface area (Å²) >= 11 is 3.57. The van der Waals surface area contributed by atoms with Crippen LogP contribution in [0.1, 0.15) is 17.5 Å². The minimum Gasteiger partial charge on any atom is -0.496 e. The molecule has 0 aliphatic carbocycles. The maximum atomic E-state index is 5.53. The van der Waals surface area contributed by atoms with Crippen LogP contribution in [-0.4, -0.2) is 20.8 Å². The van der Waals surface area contributed by atoms with Gasteiger partial charge >= 0.3 is 0 Å². The quantitative estimate of drug-likeness (QED) is 0.906. The third-order valence-electron chi connectivity index (χ3n) is 2.52. The molecule has 0 aliphatic heterocycles. The molecular weight excluding hydrogens is 270 g/mol. The van der Waals surface area contributed by atoms with Gasteiger partial charge in [-0.15, -0.1) is 0 Å². The summed E-state index contributed by atoms with van der Waals surface area (Å²) in [6, 6.07) is 2.00. The van der Waals surface area contributed by atoms with Crippen molar-refractivity contribution in [1.82, 2.24) is 0 Å². The van der Waals surface area contributed by atoms with E-state index in [-0.39, 0.29) is 0 Å². The van der Waals surface area contributed by atoms with Crippen LogP contribution in [0.3, 0.4) is 0 Å². The Bertz CT molecular complexity index is 367. The van der Waals surface area contributed by atoms with Gasteiger partial charge < -0.3 is 15.2 Å². The van der Waals surface area contributed by atoms with E-state index in [0.29, 0.717) is 6.54 Å². The lowest BCUT2D eigenvalue weighted by molar-refractivity contribution is 0.393. The number of rotatable bonds is 5. The molecule has 0 radical (unpaired) electrons. The molecule has 0 heterocycles. The molecule has 1 aromatic rings. The molecule has 90 valence electrons. The number of benzene rings is 1. The Labute approximate surface area is 105 Å². The van der Waals surface area contributed by atoms with Crippen molar-refractivity contribution in [2.24, 2.45) is 5.73 Å². The molecule has 1 aromatic carbocycles. The molecule has 0 aliphatic rings. The molecule has 3 nitrogen and oxygen atoms in total. The van der Waals surface area contributed by atoms with E-state index in [1.54, 1.807) is 14.2 Å². The summed E-state index contributed by atoms with van der Waals surface area (Å²) in [6.07, 6.45) is 1.82. The SMILES string of the molecule is COc1cc(C)c(OC)c(Br)c1CCCN. The number of halogens is 1. The van der Waals surface area contributed by atoms with Gasteiger partial charge in [-0.3, -0.25) is 0 Å². The van der Waals surface area contributed by atoms with Gasteiger partial charge in [0.25, 0.3) is 0 Å². The monoisotopic (exact) mass is 287 g/mol. The fourth-order valence-corrected chi connectivity index (χ4v) is 2.58. The lowest BCUT2D eigenvalue weighted by Gasteiger charge is -2.15. The van der Waals surface area contributed by atoms with E-state index in [9.17, 15) is 0 Å². The van der Waals surface area contributed by atoms with Crippen LogP contribution >= 0.6 is 15.9 Å². The van der Waals surface area contributed by atoms with Gasteiger partial charge in [-0.25, -0.2) is 0 Å². The third-order valence-corrected chi connectivity index (χ3v) is 3.36. The fourth-order valence-electron chi connectivity index (χ4n) is 1.71. The molecule has 0 bridgehead atoms. The first-order valence-electron chi connectivity index (χ1n) is 5.25. The highest BCUT2D eigenvalue weighted by Crippen LogP contribution is 2.38. The Hall–Kier alpha value is -0.740. The van der Waals surface area contributed by atoms with Crippen LogP contribution in [0.5, 0.6) is 11.5 Å². The van der Waals surface area contributed by atoms with Crippen molar-refractivity contribution >= 4 is 15.9 Å². The van der Waals surface area contributed by atoms with Gasteiger partial charge in [0, 0.05) is 5.56 Å². The van der Waals surface area contributed by atoms with Crippen molar-refractivity contribution in [2.75, 3.05) is 20.8 Å². The van der Waals surface area contributed by atoms with Gasteiger partial charge in [0.15, 0.2) is 0 Å². The zero-order chi connectivity index (χ0) is 12.1. The highest BCUT2D eigenvalue weighted by Gasteiger charge is 2.15. The summed E-state index contributed by atoms with van der Waals surface area (Å²) in [5.74, 6) is 1.76. The topological polar surface area (TPSA) is 44.5 Å². The summed E-state index contributed by atoms with van der Waals surface area (Å²) in [7, 11) is 3.35. The summed E-state index contributed by atoms with van der Waals surface area (Å²) in [6.45, 7) is 2.67. The van der Waals surface area contributed by atoms with Crippen LogP contribution < -0.4 is 15.2 Å². The van der Waals surface area contributed by atoms with E-state index in [1.807, 2.05) is 13.0 Å². The van der Waals surface area contributed by atoms with E-state index < -0.39 is 0 Å². The van der Waals surface area contributed by atoms with Gasteiger partial charge in [-0.05, 0) is 53.9 Å². The van der Waals surface area contributed by atoms with Crippen LogP contribution in [0.15, 0.2) is 10.5 Å². The van der Waals surface area contributed by atoms with Crippen molar-refractivity contribution in [3.63, 3.8) is 0 Å². The number of nitrogens with two attached hydrogens (primary N) is 1. The lowest BCUT2D eigenvalue weighted by Crippen LogP contribution is -2.03. The first-order chi connectivity index (χ1) is 7.65. The molecule has 0 unspecified atom stereocenters. The van der Waals surface area contributed by atoms with Crippen LogP contribution in [0.4, 0.5) is 0 Å². The molecule has 0 atom stereocenters. The predicted molar refractivity (Wildman–Crippen MR) is 69.4 cm³/mol. The van der Waals surface area contributed by atoms with Crippen molar-refractivity contribution in [2.45, 2.75) is 19.8 Å². The smallest absolute Gasteiger partial charge is 0.136 e. The second kappa shape index (κ2) is 6.11. The highest BCUT2D eigenvalue weighted by molar-refractivity contribution is 9.10. The van der Waals surface area contributed by atoms with Crippen molar-refractivity contribution in [3.8, 4) is 11.5 Å². The summed E-state index contributed by atoms with van der Waals surface area (Å²) in [5, 5.41) is 0. The number of hydrogen-bond donors (Lipinski definition) is 1. The molecule has 0 amide bonds. The average molecular weight is 288 g/mol. The molecule has 0 aromatic heterocycles.